The molecule has 27 heavy (non-hydrogen) atoms. The van der Waals surface area contributed by atoms with Crippen molar-refractivity contribution in [2.75, 3.05) is 27.9 Å². The molecule has 0 N–H and O–H groups in total. The van der Waals surface area contributed by atoms with Crippen molar-refractivity contribution in [1.82, 2.24) is 9.88 Å². The van der Waals surface area contributed by atoms with Gasteiger partial charge in [0.1, 0.15) is 0 Å². The zero-order valence-electron chi connectivity index (χ0n) is 16.0. The zero-order chi connectivity index (χ0) is 19.8. The molecular weight excluding hydrogens is 348 g/mol. The van der Waals surface area contributed by atoms with E-state index < -0.39 is 5.92 Å². The zero-order valence-corrected chi connectivity index (χ0v) is 16.0. The van der Waals surface area contributed by atoms with Gasteiger partial charge in [-0.3, -0.25) is 14.6 Å². The number of amides is 1. The predicted octanol–water partition coefficient (Wildman–Crippen LogP) is 2.55. The second kappa shape index (κ2) is 9.56. The van der Waals surface area contributed by atoms with Crippen LogP contribution in [0.4, 0.5) is 0 Å². The summed E-state index contributed by atoms with van der Waals surface area (Å²) < 4.78 is 15.3. The van der Waals surface area contributed by atoms with Crippen LogP contribution in [0.2, 0.25) is 0 Å². The maximum atomic E-state index is 13.1. The third-order valence-electron chi connectivity index (χ3n) is 4.09. The Kier molecular flexibility index (Phi) is 7.16. The van der Waals surface area contributed by atoms with Crippen molar-refractivity contribution in [3.63, 3.8) is 0 Å². The molecule has 2 rings (SSSR count). The molecule has 2 aromatic rings. The highest BCUT2D eigenvalue weighted by molar-refractivity contribution is 5.95. The van der Waals surface area contributed by atoms with E-state index in [1.54, 1.807) is 42.3 Å². The Labute approximate surface area is 158 Å². The largest absolute Gasteiger partial charge is 0.493 e. The van der Waals surface area contributed by atoms with Crippen molar-refractivity contribution in [2.45, 2.75) is 13.5 Å². The van der Waals surface area contributed by atoms with Crippen LogP contribution >= 0.6 is 0 Å². The second-order valence-electron chi connectivity index (χ2n) is 6.00. The summed E-state index contributed by atoms with van der Waals surface area (Å²) in [6.45, 7) is 2.20. The normalized spacial score (nSPS) is 11.4. The van der Waals surface area contributed by atoms with Crippen LogP contribution in [0.15, 0.2) is 42.6 Å². The molecule has 7 nitrogen and oxygen atoms in total. The summed E-state index contributed by atoms with van der Waals surface area (Å²) in [7, 11) is 4.37. The number of carbonyl (C=O) groups excluding carboxylic acids is 2. The van der Waals surface area contributed by atoms with Crippen LogP contribution in [0, 0.1) is 5.92 Å². The van der Waals surface area contributed by atoms with E-state index in [9.17, 15) is 9.59 Å². The third kappa shape index (κ3) is 5.20. The van der Waals surface area contributed by atoms with E-state index in [1.165, 1.54) is 21.3 Å². The number of hydrogen-bond acceptors (Lipinski definition) is 6. The summed E-state index contributed by atoms with van der Waals surface area (Å²) >= 11 is 0. The summed E-state index contributed by atoms with van der Waals surface area (Å²) in [5, 5.41) is 0. The average Bonchev–Trinajstić information content (AvgIpc) is 2.72. The Balaban J connectivity index is 2.30. The Morgan fingerprint density at radius 1 is 1.07 bits per heavy atom. The fourth-order valence-corrected chi connectivity index (χ4v) is 2.66. The molecule has 0 aliphatic heterocycles. The topological polar surface area (TPSA) is 78.0 Å². The van der Waals surface area contributed by atoms with Crippen LogP contribution in [0.5, 0.6) is 11.5 Å². The highest BCUT2D eigenvalue weighted by atomic mass is 16.5. The van der Waals surface area contributed by atoms with E-state index in [2.05, 4.69) is 4.98 Å². The van der Waals surface area contributed by atoms with Crippen molar-refractivity contribution in [1.29, 1.82) is 0 Å². The number of hydrogen-bond donors (Lipinski definition) is 0. The van der Waals surface area contributed by atoms with Gasteiger partial charge in [0.2, 0.25) is 0 Å². The minimum absolute atomic E-state index is 0.205. The minimum atomic E-state index is -0.470. The third-order valence-corrected chi connectivity index (χ3v) is 4.09. The van der Waals surface area contributed by atoms with Gasteiger partial charge in [-0.05, 0) is 30.3 Å². The molecule has 0 aliphatic carbocycles. The van der Waals surface area contributed by atoms with Gasteiger partial charge in [0.15, 0.2) is 11.5 Å². The lowest BCUT2D eigenvalue weighted by molar-refractivity contribution is -0.145. The van der Waals surface area contributed by atoms with Crippen molar-refractivity contribution >= 4 is 11.9 Å². The predicted molar refractivity (Wildman–Crippen MR) is 99.7 cm³/mol. The Morgan fingerprint density at radius 3 is 2.41 bits per heavy atom. The standard InChI is InChI=1S/C20H24N2O5/c1-14(20(24)27-4)12-22(13-16-7-5-6-10-21-16)19(23)15-8-9-17(25-2)18(11-15)26-3/h5-11,14H,12-13H2,1-4H3. The number of carbonyl (C=O) groups is 2. The molecule has 1 aromatic carbocycles. The molecule has 0 saturated carbocycles. The molecule has 7 heteroatoms. The first-order valence-corrected chi connectivity index (χ1v) is 8.49. The van der Waals surface area contributed by atoms with Crippen molar-refractivity contribution in [2.24, 2.45) is 5.92 Å². The quantitative estimate of drug-likeness (QED) is 0.663. The van der Waals surface area contributed by atoms with Gasteiger partial charge in [-0.1, -0.05) is 13.0 Å². The van der Waals surface area contributed by atoms with Crippen LogP contribution in [0.1, 0.15) is 23.0 Å². The molecule has 1 amide bonds. The van der Waals surface area contributed by atoms with E-state index in [0.717, 1.165) is 5.69 Å². The Bertz CT molecular complexity index is 779. The number of esters is 1. The fraction of sp³-hybridized carbons (Fsp3) is 0.350. The number of rotatable bonds is 8. The molecule has 144 valence electrons. The van der Waals surface area contributed by atoms with Crippen LogP contribution in [-0.2, 0) is 16.1 Å². The minimum Gasteiger partial charge on any atom is -0.493 e. The van der Waals surface area contributed by atoms with Crippen molar-refractivity contribution < 1.29 is 23.8 Å². The average molecular weight is 372 g/mol. The monoisotopic (exact) mass is 372 g/mol. The maximum absolute atomic E-state index is 13.1. The summed E-state index contributed by atoms with van der Waals surface area (Å²) in [5.74, 6) is -0.0864. The maximum Gasteiger partial charge on any atom is 0.310 e. The fourth-order valence-electron chi connectivity index (χ4n) is 2.66. The van der Waals surface area contributed by atoms with Gasteiger partial charge in [-0.25, -0.2) is 0 Å². The van der Waals surface area contributed by atoms with Crippen LogP contribution < -0.4 is 9.47 Å². The van der Waals surface area contributed by atoms with E-state index in [1.807, 2.05) is 12.1 Å². The highest BCUT2D eigenvalue weighted by Crippen LogP contribution is 2.28. The number of benzene rings is 1. The molecule has 0 bridgehead atoms. The summed E-state index contributed by atoms with van der Waals surface area (Å²) in [5.41, 5.74) is 1.16. The number of aromatic nitrogens is 1. The molecule has 0 aliphatic rings. The van der Waals surface area contributed by atoms with Crippen LogP contribution in [0.25, 0.3) is 0 Å². The lowest BCUT2D eigenvalue weighted by Crippen LogP contribution is -2.37. The summed E-state index contributed by atoms with van der Waals surface area (Å²) in [6, 6.07) is 10.5. The molecule has 0 spiro atoms. The molecule has 1 aromatic heterocycles. The second-order valence-corrected chi connectivity index (χ2v) is 6.00. The van der Waals surface area contributed by atoms with Crippen LogP contribution in [0.3, 0.4) is 0 Å². The molecule has 1 atom stereocenters. The van der Waals surface area contributed by atoms with Gasteiger partial charge in [0.05, 0.1) is 39.5 Å². The molecule has 0 radical (unpaired) electrons. The van der Waals surface area contributed by atoms with E-state index >= 15 is 0 Å². The van der Waals surface area contributed by atoms with Gasteiger partial charge in [0.25, 0.3) is 5.91 Å². The van der Waals surface area contributed by atoms with Gasteiger partial charge in [-0.15, -0.1) is 0 Å². The van der Waals surface area contributed by atoms with E-state index in [4.69, 9.17) is 14.2 Å². The molecule has 1 heterocycles. The first-order chi connectivity index (χ1) is 13.0. The Hall–Kier alpha value is -3.09. The van der Waals surface area contributed by atoms with Crippen molar-refractivity contribution in [3.8, 4) is 11.5 Å². The summed E-state index contributed by atoms with van der Waals surface area (Å²) in [4.78, 5) is 30.8. The lowest BCUT2D eigenvalue weighted by atomic mass is 10.1. The van der Waals surface area contributed by atoms with Crippen LogP contribution in [-0.4, -0.2) is 49.6 Å². The molecule has 0 saturated heterocycles. The van der Waals surface area contributed by atoms with Gasteiger partial charge in [0, 0.05) is 18.3 Å². The number of pyridine rings is 1. The first-order valence-electron chi connectivity index (χ1n) is 8.49. The Morgan fingerprint density at radius 2 is 1.81 bits per heavy atom. The SMILES string of the molecule is COC(=O)C(C)CN(Cc1ccccn1)C(=O)c1ccc(OC)c(OC)c1. The lowest BCUT2D eigenvalue weighted by Gasteiger charge is -2.25. The number of ether oxygens (including phenoxy) is 3. The van der Waals surface area contributed by atoms with E-state index in [0.29, 0.717) is 17.1 Å². The first kappa shape index (κ1) is 20.2. The van der Waals surface area contributed by atoms with Gasteiger partial charge in [-0.2, -0.15) is 0 Å². The smallest absolute Gasteiger partial charge is 0.310 e. The number of nitrogens with zero attached hydrogens (tertiary/aromatic N) is 2. The van der Waals surface area contributed by atoms with Gasteiger partial charge >= 0.3 is 5.97 Å². The molecule has 0 fully saturated rings. The summed E-state index contributed by atoms with van der Waals surface area (Å²) in [6.07, 6.45) is 1.66. The highest BCUT2D eigenvalue weighted by Gasteiger charge is 2.24. The molecule has 1 unspecified atom stereocenters. The number of methoxy groups -OCH3 is 3. The van der Waals surface area contributed by atoms with E-state index in [-0.39, 0.29) is 25.0 Å². The molecular formula is C20H24N2O5. The van der Waals surface area contributed by atoms with Gasteiger partial charge < -0.3 is 19.1 Å². The van der Waals surface area contributed by atoms with Crippen molar-refractivity contribution in [3.05, 3.63) is 53.9 Å².